The van der Waals surface area contributed by atoms with Crippen molar-refractivity contribution in [2.24, 2.45) is 5.73 Å². The van der Waals surface area contributed by atoms with Crippen LogP contribution in [-0.4, -0.2) is 10.7 Å². The molecule has 3 nitrogen and oxygen atoms in total. The van der Waals surface area contributed by atoms with E-state index in [1.807, 2.05) is 6.07 Å². The molecule has 1 aromatic rings. The van der Waals surface area contributed by atoms with Gasteiger partial charge in [-0.15, -0.1) is 0 Å². The molecule has 1 unspecified atom stereocenters. The fraction of sp³-hybridized carbons (Fsp3) is 0.200. The average Bonchev–Trinajstić information content (AvgIpc) is 2.18. The number of carbonyl (C=O) groups excluding carboxylic acids is 1. The van der Waals surface area contributed by atoms with Gasteiger partial charge in [0.05, 0.1) is 16.5 Å². The molecule has 0 radical (unpaired) electrons. The molecular weight excluding hydrogens is 324 g/mol. The molecule has 1 rings (SSSR count). The number of amides is 1. The number of benzene rings is 1. The predicted molar refractivity (Wildman–Crippen MR) is 64.5 cm³/mol. The summed E-state index contributed by atoms with van der Waals surface area (Å²) >= 11 is 6.48. The quantitative estimate of drug-likeness (QED) is 0.862. The summed E-state index contributed by atoms with van der Waals surface area (Å²) in [6.45, 7) is 0. The van der Waals surface area contributed by atoms with Gasteiger partial charge in [-0.25, -0.2) is 0 Å². The summed E-state index contributed by atoms with van der Waals surface area (Å²) < 4.78 is 0.876. The Labute approximate surface area is 105 Å². The number of nitriles is 1. The summed E-state index contributed by atoms with van der Waals surface area (Å²) in [7, 11) is 0. The van der Waals surface area contributed by atoms with Crippen molar-refractivity contribution < 1.29 is 4.79 Å². The van der Waals surface area contributed by atoms with Crippen LogP contribution in [-0.2, 0) is 11.2 Å². The highest BCUT2D eigenvalue weighted by atomic mass is 79.9. The molecule has 1 atom stereocenters. The maximum Gasteiger partial charge on any atom is 0.231 e. The van der Waals surface area contributed by atoms with Crippen LogP contribution in [0.2, 0.25) is 0 Å². The number of primary amides is 1. The number of alkyl halides is 1. The van der Waals surface area contributed by atoms with Crippen LogP contribution in [0.25, 0.3) is 0 Å². The lowest BCUT2D eigenvalue weighted by molar-refractivity contribution is -0.117. The Morgan fingerprint density at radius 2 is 2.27 bits per heavy atom. The molecule has 0 saturated heterocycles. The topological polar surface area (TPSA) is 66.9 Å². The van der Waals surface area contributed by atoms with Gasteiger partial charge in [0.2, 0.25) is 5.91 Å². The summed E-state index contributed by atoms with van der Waals surface area (Å²) in [5, 5.41) is 8.86. The first kappa shape index (κ1) is 12.2. The van der Waals surface area contributed by atoms with Crippen molar-refractivity contribution in [3.63, 3.8) is 0 Å². The van der Waals surface area contributed by atoms with E-state index in [0.717, 1.165) is 10.0 Å². The van der Waals surface area contributed by atoms with Gasteiger partial charge in [-0.1, -0.05) is 31.9 Å². The lowest BCUT2D eigenvalue weighted by Gasteiger charge is -2.07. The zero-order valence-electron chi connectivity index (χ0n) is 7.71. The highest BCUT2D eigenvalue weighted by molar-refractivity contribution is 9.10. The van der Waals surface area contributed by atoms with Gasteiger partial charge in [0.25, 0.3) is 0 Å². The number of hydrogen-bond donors (Lipinski definition) is 1. The molecule has 0 aliphatic rings. The number of nitrogens with zero attached hydrogens (tertiary/aromatic N) is 1. The van der Waals surface area contributed by atoms with E-state index in [0.29, 0.717) is 12.0 Å². The van der Waals surface area contributed by atoms with Gasteiger partial charge in [0, 0.05) is 4.47 Å². The Kier molecular flexibility index (Phi) is 4.30. The van der Waals surface area contributed by atoms with E-state index in [2.05, 4.69) is 37.9 Å². The van der Waals surface area contributed by atoms with Crippen LogP contribution in [0.4, 0.5) is 0 Å². The van der Waals surface area contributed by atoms with Crippen LogP contribution in [0.1, 0.15) is 11.1 Å². The predicted octanol–water partition coefficient (Wildman–Crippen LogP) is 2.11. The minimum Gasteiger partial charge on any atom is -0.369 e. The zero-order chi connectivity index (χ0) is 11.4. The van der Waals surface area contributed by atoms with E-state index in [9.17, 15) is 4.79 Å². The Bertz CT molecular complexity index is 426. The van der Waals surface area contributed by atoms with Crippen molar-refractivity contribution in [2.45, 2.75) is 11.2 Å². The van der Waals surface area contributed by atoms with Crippen LogP contribution >= 0.6 is 31.9 Å². The van der Waals surface area contributed by atoms with Crippen LogP contribution in [0.5, 0.6) is 0 Å². The first-order chi connectivity index (χ1) is 7.04. The third-order valence-corrected chi connectivity index (χ3v) is 3.16. The minimum absolute atomic E-state index is 0.414. The molecule has 2 N–H and O–H groups in total. The lowest BCUT2D eigenvalue weighted by Crippen LogP contribution is -2.25. The van der Waals surface area contributed by atoms with Gasteiger partial charge >= 0.3 is 0 Å². The summed E-state index contributed by atoms with van der Waals surface area (Å²) in [4.78, 5) is 10.4. The van der Waals surface area contributed by atoms with Gasteiger partial charge in [0.15, 0.2) is 0 Å². The highest BCUT2D eigenvalue weighted by Gasteiger charge is 2.14. The maximum atomic E-state index is 10.9. The molecule has 0 bridgehead atoms. The van der Waals surface area contributed by atoms with Gasteiger partial charge < -0.3 is 5.73 Å². The summed E-state index contributed by atoms with van der Waals surface area (Å²) in [6, 6.07) is 7.38. The normalized spacial score (nSPS) is 11.8. The molecule has 1 amide bonds. The van der Waals surface area contributed by atoms with Crippen molar-refractivity contribution in [2.75, 3.05) is 0 Å². The second kappa shape index (κ2) is 5.29. The average molecular weight is 332 g/mol. The number of carbonyl (C=O) groups is 1. The van der Waals surface area contributed by atoms with E-state index in [4.69, 9.17) is 11.0 Å². The standard InChI is InChI=1S/C10H8Br2N2O/c11-8-2-1-6(5-13)7(3-8)4-9(12)10(14)15/h1-3,9H,4H2,(H2,14,15). The monoisotopic (exact) mass is 330 g/mol. The van der Waals surface area contributed by atoms with E-state index >= 15 is 0 Å². The van der Waals surface area contributed by atoms with Crippen molar-refractivity contribution in [3.8, 4) is 6.07 Å². The van der Waals surface area contributed by atoms with Crippen molar-refractivity contribution in [3.05, 3.63) is 33.8 Å². The molecule has 0 aliphatic carbocycles. The highest BCUT2D eigenvalue weighted by Crippen LogP contribution is 2.19. The first-order valence-corrected chi connectivity index (χ1v) is 5.87. The van der Waals surface area contributed by atoms with Crippen molar-refractivity contribution in [1.29, 1.82) is 5.26 Å². The van der Waals surface area contributed by atoms with Crippen molar-refractivity contribution in [1.82, 2.24) is 0 Å². The molecule has 0 fully saturated rings. The van der Waals surface area contributed by atoms with Gasteiger partial charge in [-0.05, 0) is 30.2 Å². The molecule has 15 heavy (non-hydrogen) atoms. The van der Waals surface area contributed by atoms with Crippen LogP contribution < -0.4 is 5.73 Å². The smallest absolute Gasteiger partial charge is 0.231 e. The third kappa shape index (κ3) is 3.33. The zero-order valence-corrected chi connectivity index (χ0v) is 10.9. The largest absolute Gasteiger partial charge is 0.369 e. The summed E-state index contributed by atoms with van der Waals surface area (Å²) in [6.07, 6.45) is 0.414. The fourth-order valence-corrected chi connectivity index (χ4v) is 1.89. The van der Waals surface area contributed by atoms with E-state index in [1.165, 1.54) is 0 Å². The van der Waals surface area contributed by atoms with Gasteiger partial charge in [-0.3, -0.25) is 4.79 Å². The summed E-state index contributed by atoms with van der Waals surface area (Å²) in [5.74, 6) is -0.432. The Balaban J connectivity index is 2.98. The Morgan fingerprint density at radius 3 is 2.80 bits per heavy atom. The molecule has 0 heterocycles. The summed E-state index contributed by atoms with van der Waals surface area (Å²) in [5.41, 5.74) is 6.49. The fourth-order valence-electron chi connectivity index (χ4n) is 1.13. The number of nitrogens with two attached hydrogens (primary N) is 1. The SMILES string of the molecule is N#Cc1ccc(Br)cc1CC(Br)C(N)=O. The molecule has 5 heteroatoms. The van der Waals surface area contributed by atoms with E-state index < -0.39 is 10.7 Å². The van der Waals surface area contributed by atoms with Crippen LogP contribution in [0, 0.1) is 11.3 Å². The van der Waals surface area contributed by atoms with E-state index in [-0.39, 0.29) is 0 Å². The van der Waals surface area contributed by atoms with Crippen molar-refractivity contribution >= 4 is 37.8 Å². The number of hydrogen-bond acceptors (Lipinski definition) is 2. The first-order valence-electron chi connectivity index (χ1n) is 4.16. The molecular formula is C10H8Br2N2O. The minimum atomic E-state index is -0.445. The molecule has 0 saturated carbocycles. The second-order valence-electron chi connectivity index (χ2n) is 2.99. The molecule has 0 aliphatic heterocycles. The number of rotatable bonds is 3. The molecule has 0 aromatic heterocycles. The molecule has 1 aromatic carbocycles. The number of halogens is 2. The lowest BCUT2D eigenvalue weighted by atomic mass is 10.0. The molecule has 78 valence electrons. The third-order valence-electron chi connectivity index (χ3n) is 1.90. The Morgan fingerprint density at radius 1 is 1.60 bits per heavy atom. The van der Waals surface area contributed by atoms with Gasteiger partial charge in [-0.2, -0.15) is 5.26 Å². The molecule has 0 spiro atoms. The van der Waals surface area contributed by atoms with Crippen LogP contribution in [0.15, 0.2) is 22.7 Å². The van der Waals surface area contributed by atoms with Gasteiger partial charge in [0.1, 0.15) is 0 Å². The van der Waals surface area contributed by atoms with E-state index in [1.54, 1.807) is 12.1 Å². The maximum absolute atomic E-state index is 10.9. The van der Waals surface area contributed by atoms with Crippen LogP contribution in [0.3, 0.4) is 0 Å². The Hall–Kier alpha value is -0.860. The second-order valence-corrected chi connectivity index (χ2v) is 5.01.